The van der Waals surface area contributed by atoms with Crippen molar-refractivity contribution >= 4 is 5.91 Å². The van der Waals surface area contributed by atoms with Crippen molar-refractivity contribution in [2.45, 2.75) is 47.1 Å². The van der Waals surface area contributed by atoms with Crippen LogP contribution in [0.3, 0.4) is 0 Å². The van der Waals surface area contributed by atoms with Crippen LogP contribution in [0.2, 0.25) is 0 Å². The van der Waals surface area contributed by atoms with Gasteiger partial charge in [0.05, 0.1) is 0 Å². The van der Waals surface area contributed by atoms with E-state index in [0.717, 1.165) is 0 Å². The lowest BCUT2D eigenvalue weighted by Crippen LogP contribution is -2.39. The van der Waals surface area contributed by atoms with Crippen molar-refractivity contribution in [3.63, 3.8) is 0 Å². The highest BCUT2D eigenvalue weighted by molar-refractivity contribution is 5.88. The van der Waals surface area contributed by atoms with Gasteiger partial charge in [0.1, 0.15) is 0 Å². The molecule has 0 aliphatic heterocycles. The van der Waals surface area contributed by atoms with Crippen molar-refractivity contribution in [3.05, 3.63) is 12.2 Å². The minimum absolute atomic E-state index is 0.0255. The summed E-state index contributed by atoms with van der Waals surface area (Å²) >= 11 is 0. The fourth-order valence-electron chi connectivity index (χ4n) is 0.737. The quantitative estimate of drug-likeness (QED) is 0.622. The summed E-state index contributed by atoms with van der Waals surface area (Å²) in [5.74, 6) is -0.0255. The van der Waals surface area contributed by atoms with E-state index in [-0.39, 0.29) is 16.9 Å². The third-order valence-electron chi connectivity index (χ3n) is 1.23. The van der Waals surface area contributed by atoms with E-state index in [9.17, 15) is 4.79 Å². The molecule has 0 aromatic rings. The highest BCUT2D eigenvalue weighted by atomic mass is 16.1. The predicted molar refractivity (Wildman–Crippen MR) is 56.5 cm³/mol. The number of allylic oxidation sites excluding steroid dienone is 1. The van der Waals surface area contributed by atoms with Crippen LogP contribution in [0.4, 0.5) is 0 Å². The van der Waals surface area contributed by atoms with Gasteiger partial charge in [-0.1, -0.05) is 26.8 Å². The minimum atomic E-state index is -0.153. The normalized spacial score (nSPS) is 13.4. The second-order valence-corrected chi connectivity index (χ2v) is 5.44. The lowest BCUT2D eigenvalue weighted by atomic mass is 9.96. The first-order valence-corrected chi connectivity index (χ1v) is 4.61. The molecule has 2 nitrogen and oxygen atoms in total. The molecule has 0 bridgehead atoms. The molecular weight excluding hydrogens is 162 g/mol. The molecule has 0 spiro atoms. The van der Waals surface area contributed by atoms with E-state index >= 15 is 0 Å². The molecule has 0 aliphatic rings. The Morgan fingerprint density at radius 1 is 1.08 bits per heavy atom. The van der Waals surface area contributed by atoms with E-state index < -0.39 is 0 Å². The van der Waals surface area contributed by atoms with Crippen LogP contribution in [0.1, 0.15) is 41.5 Å². The topological polar surface area (TPSA) is 29.1 Å². The van der Waals surface area contributed by atoms with Crippen LogP contribution >= 0.6 is 0 Å². The van der Waals surface area contributed by atoms with Crippen LogP contribution in [0.15, 0.2) is 12.2 Å². The van der Waals surface area contributed by atoms with Gasteiger partial charge in [-0.2, -0.15) is 0 Å². The highest BCUT2D eigenvalue weighted by Gasteiger charge is 2.12. The molecule has 0 aliphatic carbocycles. The molecule has 76 valence electrons. The first-order chi connectivity index (χ1) is 5.60. The van der Waals surface area contributed by atoms with E-state index in [4.69, 9.17) is 0 Å². The van der Waals surface area contributed by atoms with E-state index in [0.29, 0.717) is 0 Å². The van der Waals surface area contributed by atoms with E-state index in [2.05, 4.69) is 26.1 Å². The average molecular weight is 183 g/mol. The van der Waals surface area contributed by atoms with Crippen molar-refractivity contribution < 1.29 is 4.79 Å². The van der Waals surface area contributed by atoms with Gasteiger partial charge < -0.3 is 5.32 Å². The van der Waals surface area contributed by atoms with Crippen LogP contribution in [0.25, 0.3) is 0 Å². The first kappa shape index (κ1) is 12.2. The highest BCUT2D eigenvalue weighted by Crippen LogP contribution is 2.14. The summed E-state index contributed by atoms with van der Waals surface area (Å²) in [6.07, 6.45) is 3.51. The zero-order chi connectivity index (χ0) is 10.7. The first-order valence-electron chi connectivity index (χ1n) is 4.61. The molecule has 0 atom stereocenters. The molecule has 0 saturated heterocycles. The van der Waals surface area contributed by atoms with Gasteiger partial charge in [-0.05, 0) is 32.3 Å². The maximum atomic E-state index is 11.3. The Bertz CT molecular complexity index is 203. The molecule has 0 heterocycles. The number of carbonyl (C=O) groups excluding carboxylic acids is 1. The summed E-state index contributed by atoms with van der Waals surface area (Å²) in [7, 11) is 0. The van der Waals surface area contributed by atoms with Crippen molar-refractivity contribution in [3.8, 4) is 0 Å². The lowest BCUT2D eigenvalue weighted by Gasteiger charge is -2.19. The monoisotopic (exact) mass is 183 g/mol. The Labute approximate surface area is 81.4 Å². The number of nitrogens with one attached hydrogen (secondary N) is 1. The van der Waals surface area contributed by atoms with Gasteiger partial charge in [0.25, 0.3) is 0 Å². The largest absolute Gasteiger partial charge is 0.348 e. The zero-order valence-corrected chi connectivity index (χ0v) is 9.56. The molecule has 0 rings (SSSR count). The maximum absolute atomic E-state index is 11.3. The van der Waals surface area contributed by atoms with E-state index in [1.165, 1.54) is 0 Å². The molecule has 2 heteroatoms. The predicted octanol–water partition coefficient (Wildman–Crippen LogP) is 2.50. The number of hydrogen-bond acceptors (Lipinski definition) is 1. The SMILES string of the molecule is CC(C)(C)/C=C\C(=O)NC(C)(C)C. The summed E-state index contributed by atoms with van der Waals surface area (Å²) in [4.78, 5) is 11.3. The van der Waals surface area contributed by atoms with Gasteiger partial charge in [0.2, 0.25) is 5.91 Å². The molecule has 1 amide bonds. The fraction of sp³-hybridized carbons (Fsp3) is 0.727. The lowest BCUT2D eigenvalue weighted by molar-refractivity contribution is -0.117. The van der Waals surface area contributed by atoms with Crippen LogP contribution in [-0.4, -0.2) is 11.4 Å². The second kappa shape index (κ2) is 3.95. The molecule has 1 N–H and O–H groups in total. The molecule has 0 aromatic heterocycles. The summed E-state index contributed by atoms with van der Waals surface area (Å²) in [5.41, 5.74) is -0.0888. The zero-order valence-electron chi connectivity index (χ0n) is 9.56. The Kier molecular flexibility index (Phi) is 3.71. The molecular formula is C11H21NO. The van der Waals surface area contributed by atoms with Gasteiger partial charge in [-0.15, -0.1) is 0 Å². The standard InChI is InChI=1S/C11H21NO/c1-10(2,3)8-7-9(13)12-11(4,5)6/h7-8H,1-6H3,(H,12,13)/b8-7-. The molecule has 0 saturated carbocycles. The van der Waals surface area contributed by atoms with E-state index in [1.54, 1.807) is 6.08 Å². The summed E-state index contributed by atoms with van der Waals surface area (Å²) in [5, 5.41) is 2.87. The average Bonchev–Trinajstić information content (AvgIpc) is 1.78. The summed E-state index contributed by atoms with van der Waals surface area (Å²) in [6, 6.07) is 0. The number of rotatable bonds is 1. The van der Waals surface area contributed by atoms with Crippen LogP contribution in [0.5, 0.6) is 0 Å². The Morgan fingerprint density at radius 2 is 1.54 bits per heavy atom. The molecule has 0 radical (unpaired) electrons. The van der Waals surface area contributed by atoms with Crippen molar-refractivity contribution in [2.75, 3.05) is 0 Å². The van der Waals surface area contributed by atoms with Crippen LogP contribution < -0.4 is 5.32 Å². The van der Waals surface area contributed by atoms with Crippen molar-refractivity contribution in [2.24, 2.45) is 5.41 Å². The smallest absolute Gasteiger partial charge is 0.244 e. The number of carbonyl (C=O) groups is 1. The summed E-state index contributed by atoms with van der Waals surface area (Å²) in [6.45, 7) is 12.1. The van der Waals surface area contributed by atoms with Crippen molar-refractivity contribution in [1.29, 1.82) is 0 Å². The van der Waals surface area contributed by atoms with Crippen LogP contribution in [-0.2, 0) is 4.79 Å². The van der Waals surface area contributed by atoms with Gasteiger partial charge in [0, 0.05) is 5.54 Å². The fourth-order valence-corrected chi connectivity index (χ4v) is 0.737. The minimum Gasteiger partial charge on any atom is -0.348 e. The molecule has 0 unspecified atom stereocenters. The molecule has 0 fully saturated rings. The summed E-state index contributed by atoms with van der Waals surface area (Å²) < 4.78 is 0. The maximum Gasteiger partial charge on any atom is 0.244 e. The van der Waals surface area contributed by atoms with Gasteiger partial charge in [-0.25, -0.2) is 0 Å². The van der Waals surface area contributed by atoms with Gasteiger partial charge in [-0.3, -0.25) is 4.79 Å². The number of hydrogen-bond donors (Lipinski definition) is 1. The molecule has 13 heavy (non-hydrogen) atoms. The third-order valence-corrected chi connectivity index (χ3v) is 1.23. The van der Waals surface area contributed by atoms with Crippen LogP contribution in [0, 0.1) is 5.41 Å². The van der Waals surface area contributed by atoms with Gasteiger partial charge in [0.15, 0.2) is 0 Å². The van der Waals surface area contributed by atoms with Gasteiger partial charge >= 0.3 is 0 Å². The number of amides is 1. The Balaban J connectivity index is 4.11. The Morgan fingerprint density at radius 3 is 1.85 bits per heavy atom. The Hall–Kier alpha value is -0.790. The van der Waals surface area contributed by atoms with Crippen molar-refractivity contribution in [1.82, 2.24) is 5.32 Å². The molecule has 0 aromatic carbocycles. The second-order valence-electron chi connectivity index (χ2n) is 5.44. The third kappa shape index (κ3) is 9.12. The van der Waals surface area contributed by atoms with E-state index in [1.807, 2.05) is 26.8 Å².